The van der Waals surface area contributed by atoms with Crippen molar-refractivity contribution in [3.05, 3.63) is 46.2 Å². The second-order valence-electron chi connectivity index (χ2n) is 12.3. The van der Waals surface area contributed by atoms with Gasteiger partial charge in [0.05, 0.1) is 50.3 Å². The van der Waals surface area contributed by atoms with Crippen LogP contribution in [0, 0.1) is 23.5 Å². The zero-order valence-corrected chi connectivity index (χ0v) is 31.0. The van der Waals surface area contributed by atoms with Gasteiger partial charge < -0.3 is 9.47 Å². The van der Waals surface area contributed by atoms with Gasteiger partial charge >= 0.3 is 0 Å². The van der Waals surface area contributed by atoms with Crippen molar-refractivity contribution in [1.29, 1.82) is 0 Å². The van der Waals surface area contributed by atoms with Gasteiger partial charge in [0.2, 0.25) is 0 Å². The molecular formula is C37H40F2N2O3S4. The Morgan fingerprint density at radius 3 is 1.94 bits per heavy atom. The molecule has 2 atom stereocenters. The summed E-state index contributed by atoms with van der Waals surface area (Å²) in [4.78, 5) is 12.8. The molecule has 6 rings (SSSR count). The summed E-state index contributed by atoms with van der Waals surface area (Å²) in [6.07, 6.45) is 9.52. The maximum Gasteiger partial charge on any atom is 0.170 e. The normalized spacial score (nSPS) is 13.1. The first-order chi connectivity index (χ1) is 23.4. The SMILES string of the molecule is CCCCC(CC)COc1c2cc(-c3c(F)c(F)c(-c4ccc(C=O)s4)c4nsnc34)sc2c(OCC(CC)CCCC)c2ccsc12. The summed E-state index contributed by atoms with van der Waals surface area (Å²) in [5.41, 5.74) is 0.688. The number of aromatic nitrogens is 2. The van der Waals surface area contributed by atoms with E-state index in [1.54, 1.807) is 23.5 Å². The van der Waals surface area contributed by atoms with Crippen LogP contribution in [0.2, 0.25) is 0 Å². The number of carbonyl (C=O) groups excluding carboxylic acids is 1. The highest BCUT2D eigenvalue weighted by Gasteiger charge is 2.29. The number of carbonyl (C=O) groups is 1. The van der Waals surface area contributed by atoms with Crippen molar-refractivity contribution in [3.63, 3.8) is 0 Å². The number of nitrogens with zero attached hydrogens (tertiary/aromatic N) is 2. The zero-order chi connectivity index (χ0) is 33.8. The number of rotatable bonds is 17. The van der Waals surface area contributed by atoms with Crippen LogP contribution in [-0.4, -0.2) is 28.2 Å². The third-order valence-corrected chi connectivity index (χ3v) is 12.8. The van der Waals surface area contributed by atoms with Crippen LogP contribution < -0.4 is 9.47 Å². The van der Waals surface area contributed by atoms with E-state index in [-0.39, 0.29) is 16.6 Å². The Morgan fingerprint density at radius 1 is 0.771 bits per heavy atom. The molecule has 48 heavy (non-hydrogen) atoms. The second kappa shape index (κ2) is 15.7. The molecule has 0 saturated carbocycles. The van der Waals surface area contributed by atoms with Crippen LogP contribution in [-0.2, 0) is 0 Å². The summed E-state index contributed by atoms with van der Waals surface area (Å²) < 4.78 is 56.6. The van der Waals surface area contributed by atoms with E-state index in [2.05, 4.69) is 47.9 Å². The molecule has 5 nitrogen and oxygen atoms in total. The van der Waals surface area contributed by atoms with Crippen LogP contribution in [0.5, 0.6) is 11.5 Å². The van der Waals surface area contributed by atoms with Crippen molar-refractivity contribution in [2.45, 2.75) is 79.1 Å². The lowest BCUT2D eigenvalue weighted by Gasteiger charge is -2.19. The Morgan fingerprint density at radius 2 is 1.38 bits per heavy atom. The van der Waals surface area contributed by atoms with Crippen LogP contribution in [0.15, 0.2) is 29.6 Å². The molecule has 2 aromatic carbocycles. The van der Waals surface area contributed by atoms with E-state index in [0.717, 1.165) is 106 Å². The summed E-state index contributed by atoms with van der Waals surface area (Å²) in [7, 11) is 0. The lowest BCUT2D eigenvalue weighted by atomic mass is 10.0. The van der Waals surface area contributed by atoms with Gasteiger partial charge in [0, 0.05) is 20.5 Å². The van der Waals surface area contributed by atoms with Crippen molar-refractivity contribution < 1.29 is 23.0 Å². The van der Waals surface area contributed by atoms with E-state index in [4.69, 9.17) is 9.47 Å². The van der Waals surface area contributed by atoms with E-state index in [9.17, 15) is 4.79 Å². The molecule has 0 aliphatic carbocycles. The van der Waals surface area contributed by atoms with Crippen LogP contribution in [0.1, 0.15) is 88.7 Å². The highest BCUT2D eigenvalue weighted by molar-refractivity contribution is 7.23. The molecule has 0 fully saturated rings. The number of unbranched alkanes of at least 4 members (excludes halogenated alkanes) is 2. The Bertz CT molecular complexity index is 1960. The van der Waals surface area contributed by atoms with Crippen molar-refractivity contribution in [1.82, 2.24) is 8.75 Å². The summed E-state index contributed by atoms with van der Waals surface area (Å²) >= 11 is 5.01. The number of hydrogen-bond donors (Lipinski definition) is 0. The van der Waals surface area contributed by atoms with Crippen LogP contribution in [0.3, 0.4) is 0 Å². The minimum absolute atomic E-state index is 0.0307. The number of aldehydes is 1. The molecule has 6 aromatic rings. The standard InChI is InChI=1S/C37H40F2N2O3S4/c1-5-9-11-21(7-3)19-43-34-24-15-16-45-36(24)35(44-20-22(8-4)12-10-6-2)25-17-27(47-37(25)34)29-31(39)30(38)28(32-33(29)41-48-40-32)26-14-13-23(18-42)46-26/h13-18,21-22H,5-12,19-20H2,1-4H3. The lowest BCUT2D eigenvalue weighted by Crippen LogP contribution is -2.12. The van der Waals surface area contributed by atoms with Crippen LogP contribution in [0.25, 0.3) is 52.1 Å². The number of benzene rings is 2. The predicted octanol–water partition coefficient (Wildman–Crippen LogP) is 12.8. The van der Waals surface area contributed by atoms with Crippen LogP contribution >= 0.6 is 45.7 Å². The quantitative estimate of drug-likeness (QED) is 0.0876. The number of ether oxygens (including phenoxy) is 2. The van der Waals surface area contributed by atoms with Gasteiger partial charge in [-0.25, -0.2) is 8.78 Å². The fourth-order valence-electron chi connectivity index (χ4n) is 6.19. The summed E-state index contributed by atoms with van der Waals surface area (Å²) in [6, 6.07) is 7.21. The van der Waals surface area contributed by atoms with Gasteiger partial charge in [-0.3, -0.25) is 4.79 Å². The second-order valence-corrected chi connectivity index (χ2v) is 15.9. The Balaban J connectivity index is 1.52. The smallest absolute Gasteiger partial charge is 0.170 e. The summed E-state index contributed by atoms with van der Waals surface area (Å²) in [5.74, 6) is 0.389. The molecule has 0 amide bonds. The maximum absolute atomic E-state index is 16.4. The Kier molecular flexibility index (Phi) is 11.4. The van der Waals surface area contributed by atoms with E-state index in [0.29, 0.717) is 51.5 Å². The van der Waals surface area contributed by atoms with Crippen molar-refractivity contribution in [2.24, 2.45) is 11.8 Å². The first kappa shape index (κ1) is 34.9. The fourth-order valence-corrected chi connectivity index (χ4v) is 9.72. The molecule has 254 valence electrons. The minimum atomic E-state index is -1.00. The molecule has 4 aromatic heterocycles. The monoisotopic (exact) mass is 726 g/mol. The number of thiophene rings is 3. The van der Waals surface area contributed by atoms with Gasteiger partial charge in [-0.2, -0.15) is 8.75 Å². The molecule has 0 radical (unpaired) electrons. The molecule has 4 heterocycles. The average Bonchev–Trinajstić information content (AvgIpc) is 3.93. The maximum atomic E-state index is 16.4. The predicted molar refractivity (Wildman–Crippen MR) is 200 cm³/mol. The molecule has 2 unspecified atom stereocenters. The molecule has 0 spiro atoms. The summed E-state index contributed by atoms with van der Waals surface area (Å²) in [5, 5.41) is 3.88. The molecule has 0 N–H and O–H groups in total. The van der Waals surface area contributed by atoms with Gasteiger partial charge in [0.1, 0.15) is 22.5 Å². The van der Waals surface area contributed by atoms with E-state index in [1.165, 1.54) is 11.3 Å². The molecule has 0 saturated heterocycles. The topological polar surface area (TPSA) is 61.3 Å². The molecule has 11 heteroatoms. The first-order valence-electron chi connectivity index (χ1n) is 16.8. The number of fused-ring (bicyclic) bond motifs is 3. The number of halogens is 2. The Labute approximate surface area is 296 Å². The van der Waals surface area contributed by atoms with Gasteiger partial charge in [-0.05, 0) is 54.3 Å². The number of hydrogen-bond acceptors (Lipinski definition) is 9. The Hall–Kier alpha value is -2.99. The third kappa shape index (κ3) is 6.75. The van der Waals surface area contributed by atoms with Gasteiger partial charge in [-0.15, -0.1) is 34.0 Å². The van der Waals surface area contributed by atoms with Gasteiger partial charge in [0.15, 0.2) is 17.9 Å². The van der Waals surface area contributed by atoms with E-state index >= 15 is 8.78 Å². The highest BCUT2D eigenvalue weighted by atomic mass is 32.1. The lowest BCUT2D eigenvalue weighted by molar-refractivity contribution is 0.112. The fraction of sp³-hybridized carbons (Fsp3) is 0.432. The van der Waals surface area contributed by atoms with Gasteiger partial charge in [-0.1, -0.05) is 66.2 Å². The highest BCUT2D eigenvalue weighted by Crippen LogP contribution is 2.52. The van der Waals surface area contributed by atoms with Crippen LogP contribution in [0.4, 0.5) is 8.78 Å². The zero-order valence-electron chi connectivity index (χ0n) is 27.7. The largest absolute Gasteiger partial charge is 0.491 e. The van der Waals surface area contributed by atoms with Crippen molar-refractivity contribution in [2.75, 3.05) is 13.2 Å². The molecule has 0 aliphatic rings. The summed E-state index contributed by atoms with van der Waals surface area (Å²) in [6.45, 7) is 9.98. The van der Waals surface area contributed by atoms with Gasteiger partial charge in [0.25, 0.3) is 0 Å². The van der Waals surface area contributed by atoms with Crippen molar-refractivity contribution in [3.8, 4) is 32.4 Å². The third-order valence-electron chi connectivity index (χ3n) is 9.14. The molecule has 0 aliphatic heterocycles. The minimum Gasteiger partial charge on any atom is -0.491 e. The molecular weight excluding hydrogens is 687 g/mol. The average molecular weight is 727 g/mol. The van der Waals surface area contributed by atoms with E-state index < -0.39 is 11.6 Å². The van der Waals surface area contributed by atoms with Crippen molar-refractivity contribution >= 4 is 83.2 Å². The molecule has 0 bridgehead atoms. The van der Waals surface area contributed by atoms with E-state index in [1.807, 2.05) is 6.07 Å². The first-order valence-corrected chi connectivity index (χ1v) is 20.1.